The van der Waals surface area contributed by atoms with Gasteiger partial charge in [-0.15, -0.1) is 0 Å². The zero-order valence-corrected chi connectivity index (χ0v) is 22.0. The molecule has 198 valence electrons. The number of rotatable bonds is 6. The number of amides is 2. The van der Waals surface area contributed by atoms with E-state index >= 15 is 0 Å². The molecule has 1 aliphatic heterocycles. The van der Waals surface area contributed by atoms with Crippen molar-refractivity contribution in [2.24, 2.45) is 0 Å². The third kappa shape index (κ3) is 5.52. The maximum atomic E-state index is 13.1. The molecule has 0 aliphatic carbocycles. The minimum Gasteiger partial charge on any atom is -0.444 e. The summed E-state index contributed by atoms with van der Waals surface area (Å²) in [6, 6.07) is 9.38. The first-order chi connectivity index (χ1) is 18.1. The fraction of sp³-hybridized carbons (Fsp3) is 0.370. The Balaban J connectivity index is 1.20. The smallest absolute Gasteiger partial charge is 0.410 e. The van der Waals surface area contributed by atoms with Gasteiger partial charge in [0, 0.05) is 17.4 Å². The second kappa shape index (κ2) is 9.90. The number of carbonyl (C=O) groups is 2. The SMILES string of the molecule is Cc1ccc2ncc(C(=O)Nc3cc(-c4noc(COC5CN(C(=O)OC(C)(C)C)C5)n4)ccc3C)n2c1. The summed E-state index contributed by atoms with van der Waals surface area (Å²) in [5, 5.41) is 7.04. The normalized spacial score (nSPS) is 14.0. The third-order valence-corrected chi connectivity index (χ3v) is 6.04. The van der Waals surface area contributed by atoms with Crippen LogP contribution in [0, 0.1) is 13.8 Å². The minimum absolute atomic E-state index is 0.123. The highest BCUT2D eigenvalue weighted by Gasteiger charge is 2.34. The standard InChI is InChI=1S/C27H30N6O5/c1-16-6-9-22-28-11-21(33(22)12-16)25(34)29-20-10-18(8-7-17(20)2)24-30-23(38-31-24)15-36-19-13-32(14-19)26(35)37-27(3,4)5/h6-12,19H,13-15H2,1-5H3,(H,29,34). The molecule has 0 unspecified atom stereocenters. The van der Waals surface area contributed by atoms with Gasteiger partial charge in [-0.2, -0.15) is 4.98 Å². The molecule has 0 spiro atoms. The highest BCUT2D eigenvalue weighted by Crippen LogP contribution is 2.25. The van der Waals surface area contributed by atoms with Crippen LogP contribution in [0.3, 0.4) is 0 Å². The summed E-state index contributed by atoms with van der Waals surface area (Å²) in [6.07, 6.45) is 2.96. The van der Waals surface area contributed by atoms with Gasteiger partial charge in [0.05, 0.1) is 25.4 Å². The van der Waals surface area contributed by atoms with Crippen LogP contribution < -0.4 is 5.32 Å². The molecular formula is C27H30N6O5. The number of anilines is 1. The van der Waals surface area contributed by atoms with Crippen molar-refractivity contribution in [1.29, 1.82) is 0 Å². The van der Waals surface area contributed by atoms with Crippen LogP contribution >= 0.6 is 0 Å². The first-order valence-electron chi connectivity index (χ1n) is 12.3. The van der Waals surface area contributed by atoms with E-state index in [1.165, 1.54) is 0 Å². The molecule has 3 aromatic heterocycles. The van der Waals surface area contributed by atoms with E-state index in [2.05, 4.69) is 20.4 Å². The average Bonchev–Trinajstić information content (AvgIpc) is 3.45. The van der Waals surface area contributed by atoms with Gasteiger partial charge >= 0.3 is 6.09 Å². The molecule has 1 aromatic carbocycles. The highest BCUT2D eigenvalue weighted by atomic mass is 16.6. The van der Waals surface area contributed by atoms with E-state index in [-0.39, 0.29) is 24.7 Å². The van der Waals surface area contributed by atoms with Gasteiger partial charge in [-0.1, -0.05) is 23.4 Å². The Hall–Kier alpha value is -4.25. The number of carbonyl (C=O) groups excluding carboxylic acids is 2. The van der Waals surface area contributed by atoms with Crippen molar-refractivity contribution in [2.45, 2.75) is 52.9 Å². The van der Waals surface area contributed by atoms with E-state index in [4.69, 9.17) is 14.0 Å². The van der Waals surface area contributed by atoms with E-state index in [0.717, 1.165) is 11.1 Å². The quantitative estimate of drug-likeness (QED) is 0.399. The average molecular weight is 519 g/mol. The Morgan fingerprint density at radius 2 is 1.95 bits per heavy atom. The Labute approximate surface area is 219 Å². The van der Waals surface area contributed by atoms with Crippen molar-refractivity contribution >= 4 is 23.3 Å². The lowest BCUT2D eigenvalue weighted by Crippen LogP contribution is -2.55. The van der Waals surface area contributed by atoms with Crippen LogP contribution in [0.4, 0.5) is 10.5 Å². The molecule has 0 saturated carbocycles. The molecule has 0 atom stereocenters. The fourth-order valence-corrected chi connectivity index (χ4v) is 3.98. The number of nitrogens with one attached hydrogen (secondary N) is 1. The Morgan fingerprint density at radius 3 is 2.71 bits per heavy atom. The van der Waals surface area contributed by atoms with Crippen molar-refractivity contribution < 1.29 is 23.6 Å². The number of hydrogen-bond donors (Lipinski definition) is 1. The van der Waals surface area contributed by atoms with Crippen LogP contribution in [0.5, 0.6) is 0 Å². The zero-order valence-electron chi connectivity index (χ0n) is 22.0. The molecule has 4 aromatic rings. The Kier molecular flexibility index (Phi) is 6.62. The van der Waals surface area contributed by atoms with Crippen molar-refractivity contribution in [3.8, 4) is 11.4 Å². The summed E-state index contributed by atoms with van der Waals surface area (Å²) in [5.74, 6) is 0.433. The molecule has 11 nitrogen and oxygen atoms in total. The monoisotopic (exact) mass is 518 g/mol. The Morgan fingerprint density at radius 1 is 1.16 bits per heavy atom. The molecular weight excluding hydrogens is 488 g/mol. The largest absolute Gasteiger partial charge is 0.444 e. The maximum absolute atomic E-state index is 13.1. The molecule has 0 bridgehead atoms. The topological polar surface area (TPSA) is 124 Å². The number of ether oxygens (including phenoxy) is 2. The zero-order chi connectivity index (χ0) is 27.0. The molecule has 1 aliphatic rings. The number of fused-ring (bicyclic) bond motifs is 1. The van der Waals surface area contributed by atoms with Crippen molar-refractivity contribution in [2.75, 3.05) is 18.4 Å². The van der Waals surface area contributed by atoms with Gasteiger partial charge in [-0.05, 0) is 57.9 Å². The minimum atomic E-state index is -0.533. The van der Waals surface area contributed by atoms with Crippen LogP contribution in [-0.2, 0) is 16.1 Å². The van der Waals surface area contributed by atoms with Gasteiger partial charge in [0.25, 0.3) is 11.8 Å². The molecule has 0 radical (unpaired) electrons. The molecule has 2 amide bonds. The number of nitrogens with zero attached hydrogens (tertiary/aromatic N) is 5. The molecule has 1 N–H and O–H groups in total. The van der Waals surface area contributed by atoms with E-state index in [1.54, 1.807) is 15.5 Å². The van der Waals surface area contributed by atoms with Crippen molar-refractivity contribution in [3.63, 3.8) is 0 Å². The number of aryl methyl sites for hydroxylation is 2. The van der Waals surface area contributed by atoms with E-state index in [1.807, 2.05) is 71.1 Å². The first kappa shape index (κ1) is 25.4. The second-order valence-corrected chi connectivity index (χ2v) is 10.4. The van der Waals surface area contributed by atoms with E-state index in [0.29, 0.717) is 47.4 Å². The Bertz CT molecular complexity index is 1500. The number of imidazole rings is 1. The number of aromatic nitrogens is 4. The molecule has 11 heteroatoms. The summed E-state index contributed by atoms with van der Waals surface area (Å²) in [7, 11) is 0. The third-order valence-electron chi connectivity index (χ3n) is 6.04. The number of likely N-dealkylation sites (tertiary alicyclic amines) is 1. The van der Waals surface area contributed by atoms with Gasteiger partial charge in [0.15, 0.2) is 0 Å². The molecule has 1 saturated heterocycles. The molecule has 4 heterocycles. The van der Waals surface area contributed by atoms with E-state index in [9.17, 15) is 9.59 Å². The summed E-state index contributed by atoms with van der Waals surface area (Å²) >= 11 is 0. The first-order valence-corrected chi connectivity index (χ1v) is 12.3. The van der Waals surface area contributed by atoms with Gasteiger partial charge in [-0.25, -0.2) is 9.78 Å². The van der Waals surface area contributed by atoms with E-state index < -0.39 is 5.60 Å². The molecule has 5 rings (SSSR count). The lowest BCUT2D eigenvalue weighted by Gasteiger charge is -2.39. The van der Waals surface area contributed by atoms with Crippen LogP contribution in [0.1, 0.15) is 48.3 Å². The number of pyridine rings is 1. The van der Waals surface area contributed by atoms with Gasteiger partial charge < -0.3 is 24.2 Å². The number of hydrogen-bond acceptors (Lipinski definition) is 8. The van der Waals surface area contributed by atoms with Crippen LogP contribution in [0.25, 0.3) is 17.0 Å². The van der Waals surface area contributed by atoms with Crippen molar-refractivity contribution in [1.82, 2.24) is 24.4 Å². The highest BCUT2D eigenvalue weighted by molar-refractivity contribution is 6.04. The lowest BCUT2D eigenvalue weighted by molar-refractivity contribution is -0.0739. The fourth-order valence-electron chi connectivity index (χ4n) is 3.98. The second-order valence-electron chi connectivity index (χ2n) is 10.4. The summed E-state index contributed by atoms with van der Waals surface area (Å²) in [5.41, 5.74) is 3.84. The summed E-state index contributed by atoms with van der Waals surface area (Å²) < 4.78 is 18.3. The van der Waals surface area contributed by atoms with Gasteiger partial charge in [0.1, 0.15) is 23.5 Å². The van der Waals surface area contributed by atoms with Gasteiger partial charge in [0.2, 0.25) is 5.82 Å². The maximum Gasteiger partial charge on any atom is 0.410 e. The number of benzene rings is 1. The molecule has 1 fully saturated rings. The lowest BCUT2D eigenvalue weighted by atomic mass is 10.1. The predicted octanol–water partition coefficient (Wildman–Crippen LogP) is 4.39. The molecule has 38 heavy (non-hydrogen) atoms. The van der Waals surface area contributed by atoms with Crippen LogP contribution in [0.2, 0.25) is 0 Å². The van der Waals surface area contributed by atoms with Gasteiger partial charge in [-0.3, -0.25) is 9.20 Å². The predicted molar refractivity (Wildman–Crippen MR) is 139 cm³/mol. The van der Waals surface area contributed by atoms with Crippen molar-refractivity contribution in [3.05, 3.63) is 65.4 Å². The summed E-state index contributed by atoms with van der Waals surface area (Å²) in [6.45, 7) is 10.4. The summed E-state index contributed by atoms with van der Waals surface area (Å²) in [4.78, 5) is 35.4. The van der Waals surface area contributed by atoms with Crippen LogP contribution in [0.15, 0.2) is 47.2 Å². The van der Waals surface area contributed by atoms with Crippen LogP contribution in [-0.4, -0.2) is 61.2 Å².